The van der Waals surface area contributed by atoms with E-state index in [2.05, 4.69) is 20.9 Å². The van der Waals surface area contributed by atoms with Gasteiger partial charge in [0.2, 0.25) is 0 Å². The van der Waals surface area contributed by atoms with Crippen molar-refractivity contribution in [1.29, 1.82) is 0 Å². The van der Waals surface area contributed by atoms with Crippen LogP contribution in [0.15, 0.2) is 22.7 Å². The summed E-state index contributed by atoms with van der Waals surface area (Å²) >= 11 is 9.51. The first-order valence-electron chi connectivity index (χ1n) is 6.86. The lowest BCUT2D eigenvalue weighted by atomic mass is 9.99. The molecule has 1 aromatic heterocycles. The van der Waals surface area contributed by atoms with Gasteiger partial charge < -0.3 is 34.9 Å². The van der Waals surface area contributed by atoms with E-state index in [4.69, 9.17) is 26.2 Å². The van der Waals surface area contributed by atoms with Gasteiger partial charge in [-0.1, -0.05) is 11.6 Å². The summed E-state index contributed by atoms with van der Waals surface area (Å²) < 4.78 is 11.3. The topological polar surface area (TPSA) is 115 Å². The number of nitrogens with one attached hydrogen (secondary N) is 1. The minimum absolute atomic E-state index is 0.251. The molecule has 3 rings (SSSR count). The maximum absolute atomic E-state index is 10.1. The highest BCUT2D eigenvalue weighted by Crippen LogP contribution is 2.34. The predicted octanol–water partition coefficient (Wildman–Crippen LogP) is 0.762. The van der Waals surface area contributed by atoms with Crippen molar-refractivity contribution < 1.29 is 29.9 Å². The molecule has 2 aromatic rings. The monoisotopic (exact) mass is 407 g/mol. The highest BCUT2D eigenvalue weighted by Gasteiger charge is 2.45. The summed E-state index contributed by atoms with van der Waals surface area (Å²) in [7, 11) is 0. The number of aliphatic hydroxyl groups excluding tert-OH is 4. The summed E-state index contributed by atoms with van der Waals surface area (Å²) in [5.74, 6) is 0.251. The Morgan fingerprint density at radius 2 is 2.00 bits per heavy atom. The number of hydrogen-bond acceptors (Lipinski definition) is 6. The van der Waals surface area contributed by atoms with Crippen LogP contribution in [0, 0.1) is 0 Å². The quantitative estimate of drug-likeness (QED) is 0.512. The number of aliphatic hydroxyl groups is 4. The third-order valence-electron chi connectivity index (χ3n) is 3.77. The molecule has 0 saturated carbocycles. The lowest BCUT2D eigenvalue weighted by molar-refractivity contribution is -0.280. The molecule has 5 atom stereocenters. The standard InChI is InChI=1S/C14H15BrClNO6/c15-6-1-2-7-5(10(6)16)3-9(17-7)23-13-12(20)11(19)8(4-18)22-14(13)21/h1-3,8,11-14,17-21H,4H2/t8-,11-,12+,13-,14?/m1/s1. The highest BCUT2D eigenvalue weighted by atomic mass is 79.9. The molecule has 2 heterocycles. The number of aromatic nitrogens is 1. The second kappa shape index (κ2) is 6.56. The zero-order valence-electron chi connectivity index (χ0n) is 11.7. The number of fused-ring (bicyclic) bond motifs is 1. The van der Waals surface area contributed by atoms with Crippen LogP contribution in [0.5, 0.6) is 5.88 Å². The van der Waals surface area contributed by atoms with Gasteiger partial charge in [0.1, 0.15) is 18.3 Å². The van der Waals surface area contributed by atoms with Crippen LogP contribution in [0.3, 0.4) is 0 Å². The van der Waals surface area contributed by atoms with Crippen molar-refractivity contribution in [2.75, 3.05) is 6.61 Å². The fourth-order valence-corrected chi connectivity index (χ4v) is 3.09. The second-order valence-corrected chi connectivity index (χ2v) is 6.50. The molecule has 1 aliphatic rings. The lowest BCUT2D eigenvalue weighted by Crippen LogP contribution is -2.60. The maximum Gasteiger partial charge on any atom is 0.195 e. The molecule has 1 aliphatic heterocycles. The molecule has 0 spiro atoms. The van der Waals surface area contributed by atoms with Crippen LogP contribution in [-0.2, 0) is 4.74 Å². The number of hydrogen-bond donors (Lipinski definition) is 5. The van der Waals surface area contributed by atoms with Crippen LogP contribution >= 0.6 is 27.5 Å². The fraction of sp³-hybridized carbons (Fsp3) is 0.429. The van der Waals surface area contributed by atoms with Gasteiger partial charge in [0.25, 0.3) is 0 Å². The van der Waals surface area contributed by atoms with Crippen molar-refractivity contribution in [1.82, 2.24) is 4.98 Å². The molecule has 1 saturated heterocycles. The van der Waals surface area contributed by atoms with Crippen LogP contribution < -0.4 is 4.74 Å². The van der Waals surface area contributed by atoms with E-state index in [-0.39, 0.29) is 5.88 Å². The third-order valence-corrected chi connectivity index (χ3v) is 5.07. The molecule has 0 aliphatic carbocycles. The second-order valence-electron chi connectivity index (χ2n) is 5.27. The molecule has 1 aromatic carbocycles. The summed E-state index contributed by atoms with van der Waals surface area (Å²) in [5.41, 5.74) is 0.711. The Labute approximate surface area is 144 Å². The van der Waals surface area contributed by atoms with Crippen LogP contribution in [-0.4, -0.2) is 62.7 Å². The van der Waals surface area contributed by atoms with E-state index in [9.17, 15) is 15.3 Å². The van der Waals surface area contributed by atoms with Crippen LogP contribution in [0.25, 0.3) is 10.9 Å². The van der Waals surface area contributed by atoms with E-state index >= 15 is 0 Å². The van der Waals surface area contributed by atoms with Crippen molar-refractivity contribution >= 4 is 38.4 Å². The number of ether oxygens (including phenoxy) is 2. The van der Waals surface area contributed by atoms with Gasteiger partial charge in [-0.05, 0) is 28.1 Å². The molecule has 9 heteroatoms. The number of rotatable bonds is 3. The zero-order valence-corrected chi connectivity index (χ0v) is 14.0. The Morgan fingerprint density at radius 1 is 1.26 bits per heavy atom. The number of H-pyrrole nitrogens is 1. The maximum atomic E-state index is 10.1. The first kappa shape index (κ1) is 17.0. The first-order valence-corrected chi connectivity index (χ1v) is 8.03. The number of halogens is 2. The Kier molecular flexibility index (Phi) is 4.84. The minimum atomic E-state index is -1.50. The fourth-order valence-electron chi connectivity index (χ4n) is 2.53. The number of aromatic amines is 1. The third kappa shape index (κ3) is 3.08. The van der Waals surface area contributed by atoms with E-state index in [1.807, 2.05) is 0 Å². The Bertz CT molecular complexity index is 710. The van der Waals surface area contributed by atoms with Crippen LogP contribution in [0.2, 0.25) is 5.02 Å². The van der Waals surface area contributed by atoms with Gasteiger partial charge in [-0.2, -0.15) is 0 Å². The Balaban J connectivity index is 1.85. The Morgan fingerprint density at radius 3 is 2.70 bits per heavy atom. The smallest absolute Gasteiger partial charge is 0.195 e. The van der Waals surface area contributed by atoms with Gasteiger partial charge in [-0.3, -0.25) is 0 Å². The highest BCUT2D eigenvalue weighted by molar-refractivity contribution is 9.10. The minimum Gasteiger partial charge on any atom is -0.467 e. The molecule has 0 radical (unpaired) electrons. The van der Waals surface area contributed by atoms with E-state index in [1.165, 1.54) is 0 Å². The van der Waals surface area contributed by atoms with Gasteiger partial charge >= 0.3 is 0 Å². The summed E-state index contributed by atoms with van der Waals surface area (Å²) in [6.07, 6.45) is -6.60. The van der Waals surface area contributed by atoms with Gasteiger partial charge in [0.05, 0.1) is 11.6 Å². The molecule has 5 N–H and O–H groups in total. The van der Waals surface area contributed by atoms with Gasteiger partial charge in [-0.25, -0.2) is 0 Å². The number of benzene rings is 1. The van der Waals surface area contributed by atoms with Crippen molar-refractivity contribution in [2.24, 2.45) is 0 Å². The van der Waals surface area contributed by atoms with Crippen molar-refractivity contribution in [3.63, 3.8) is 0 Å². The van der Waals surface area contributed by atoms with Crippen LogP contribution in [0.1, 0.15) is 0 Å². The van der Waals surface area contributed by atoms with Gasteiger partial charge in [-0.15, -0.1) is 0 Å². The summed E-state index contributed by atoms with van der Waals surface area (Å²) in [5, 5.41) is 40.1. The molecule has 0 bridgehead atoms. The summed E-state index contributed by atoms with van der Waals surface area (Å²) in [4.78, 5) is 2.96. The van der Waals surface area contributed by atoms with Crippen molar-refractivity contribution in [2.45, 2.75) is 30.7 Å². The van der Waals surface area contributed by atoms with Gasteiger partial charge in [0.15, 0.2) is 18.3 Å². The van der Waals surface area contributed by atoms with E-state index in [1.54, 1.807) is 18.2 Å². The molecular weight excluding hydrogens is 394 g/mol. The SMILES string of the molecule is OC[C@H]1OC(O)[C@H](Oc2cc3c(Cl)c(Br)ccc3[nH]2)[C@@H](O)[C@@H]1O. The first-order chi connectivity index (χ1) is 10.9. The van der Waals surface area contributed by atoms with E-state index < -0.39 is 37.3 Å². The summed E-state index contributed by atoms with van der Waals surface area (Å²) in [6, 6.07) is 5.18. The Hall–Kier alpha value is -0.870. The average molecular weight is 409 g/mol. The van der Waals surface area contributed by atoms with E-state index in [0.717, 1.165) is 4.47 Å². The van der Waals surface area contributed by atoms with Crippen molar-refractivity contribution in [3.05, 3.63) is 27.7 Å². The van der Waals surface area contributed by atoms with Gasteiger partial charge in [0, 0.05) is 21.4 Å². The molecule has 7 nitrogen and oxygen atoms in total. The normalized spacial score (nSPS) is 31.5. The molecule has 126 valence electrons. The summed E-state index contributed by atoms with van der Waals surface area (Å²) in [6.45, 7) is -0.530. The molecule has 0 amide bonds. The van der Waals surface area contributed by atoms with Crippen molar-refractivity contribution in [3.8, 4) is 5.88 Å². The molecule has 1 unspecified atom stereocenters. The molecule has 1 fully saturated rings. The molecule has 23 heavy (non-hydrogen) atoms. The van der Waals surface area contributed by atoms with Crippen LogP contribution in [0.4, 0.5) is 0 Å². The van der Waals surface area contributed by atoms with E-state index in [0.29, 0.717) is 15.9 Å². The predicted molar refractivity (Wildman–Crippen MR) is 85.4 cm³/mol. The average Bonchev–Trinajstić information content (AvgIpc) is 2.94. The lowest BCUT2D eigenvalue weighted by Gasteiger charge is -2.39. The zero-order chi connectivity index (χ0) is 16.7. The molecular formula is C14H15BrClNO6. The largest absolute Gasteiger partial charge is 0.467 e.